The molecule has 1 heterocycles. The Hall–Kier alpha value is -0.870. The molecule has 90 valence electrons. The summed E-state index contributed by atoms with van der Waals surface area (Å²) in [5.74, 6) is 0.0165. The summed E-state index contributed by atoms with van der Waals surface area (Å²) in [5, 5.41) is 2.06. The fourth-order valence-corrected chi connectivity index (χ4v) is 2.40. The van der Waals surface area contributed by atoms with Crippen LogP contribution in [0, 0.1) is 6.92 Å². The Bertz CT molecular complexity index is 358. The van der Waals surface area contributed by atoms with Crippen LogP contribution in [-0.4, -0.2) is 22.9 Å². The van der Waals surface area contributed by atoms with E-state index in [0.717, 1.165) is 0 Å². The minimum absolute atomic E-state index is 0.0165. The van der Waals surface area contributed by atoms with Gasteiger partial charge in [0.25, 0.3) is 0 Å². The first-order valence-corrected chi connectivity index (χ1v) is 6.40. The summed E-state index contributed by atoms with van der Waals surface area (Å²) in [6.07, 6.45) is 0. The van der Waals surface area contributed by atoms with Crippen molar-refractivity contribution in [3.8, 4) is 0 Å². The maximum absolute atomic E-state index is 11.9. The van der Waals surface area contributed by atoms with Crippen LogP contribution in [0.2, 0.25) is 0 Å². The Kier molecular flexibility index (Phi) is 4.50. The van der Waals surface area contributed by atoms with Crippen molar-refractivity contribution in [2.75, 3.05) is 0 Å². The molecule has 0 radical (unpaired) electrons. The van der Waals surface area contributed by atoms with Crippen molar-refractivity contribution in [3.05, 3.63) is 21.9 Å². The van der Waals surface area contributed by atoms with Gasteiger partial charge in [0.05, 0.1) is 12.6 Å². The molecular formula is C12H20N2OS. The molecule has 0 saturated carbocycles. The molecule has 0 spiro atoms. The van der Waals surface area contributed by atoms with E-state index in [1.54, 1.807) is 18.3 Å². The molecule has 1 aromatic heterocycles. The van der Waals surface area contributed by atoms with E-state index < -0.39 is 6.04 Å². The summed E-state index contributed by atoms with van der Waals surface area (Å²) in [7, 11) is 0. The molecular weight excluding hydrogens is 220 g/mol. The van der Waals surface area contributed by atoms with Crippen LogP contribution in [0.4, 0.5) is 0 Å². The Balaban J connectivity index is 2.81. The van der Waals surface area contributed by atoms with Crippen molar-refractivity contribution in [1.29, 1.82) is 0 Å². The van der Waals surface area contributed by atoms with Crippen molar-refractivity contribution in [2.45, 2.75) is 46.3 Å². The quantitative estimate of drug-likeness (QED) is 0.876. The Labute approximate surface area is 101 Å². The van der Waals surface area contributed by atoms with Crippen molar-refractivity contribution in [1.82, 2.24) is 4.90 Å². The van der Waals surface area contributed by atoms with Crippen LogP contribution in [-0.2, 0) is 11.3 Å². The minimum atomic E-state index is -0.428. The Morgan fingerprint density at radius 3 is 2.50 bits per heavy atom. The zero-order chi connectivity index (χ0) is 12.3. The zero-order valence-electron chi connectivity index (χ0n) is 10.4. The molecule has 0 saturated heterocycles. The van der Waals surface area contributed by atoms with Gasteiger partial charge in [0.1, 0.15) is 0 Å². The molecule has 0 aliphatic rings. The van der Waals surface area contributed by atoms with Gasteiger partial charge in [-0.2, -0.15) is 0 Å². The molecule has 0 unspecified atom stereocenters. The largest absolute Gasteiger partial charge is 0.334 e. The Morgan fingerprint density at radius 1 is 1.50 bits per heavy atom. The number of amides is 1. The predicted molar refractivity (Wildman–Crippen MR) is 68.4 cm³/mol. The molecule has 4 heteroatoms. The van der Waals surface area contributed by atoms with Crippen LogP contribution in [0.5, 0.6) is 0 Å². The van der Waals surface area contributed by atoms with Gasteiger partial charge < -0.3 is 10.6 Å². The fourth-order valence-electron chi connectivity index (χ4n) is 1.50. The third-order valence-corrected chi connectivity index (χ3v) is 3.59. The fraction of sp³-hybridized carbons (Fsp3) is 0.583. The van der Waals surface area contributed by atoms with Crippen LogP contribution < -0.4 is 5.73 Å². The molecule has 1 rings (SSSR count). The topological polar surface area (TPSA) is 46.3 Å². The summed E-state index contributed by atoms with van der Waals surface area (Å²) >= 11 is 1.69. The summed E-state index contributed by atoms with van der Waals surface area (Å²) in [6.45, 7) is 8.51. The predicted octanol–water partition coefficient (Wildman–Crippen LogP) is 2.14. The SMILES string of the molecule is Cc1ccsc1CN(C(=O)[C@H](C)N)C(C)C. The average Bonchev–Trinajstić information content (AvgIpc) is 2.59. The van der Waals surface area contributed by atoms with Gasteiger partial charge in [0, 0.05) is 10.9 Å². The highest BCUT2D eigenvalue weighted by molar-refractivity contribution is 7.10. The maximum atomic E-state index is 11.9. The molecule has 1 amide bonds. The third-order valence-electron chi connectivity index (χ3n) is 2.58. The van der Waals surface area contributed by atoms with Gasteiger partial charge in [-0.25, -0.2) is 0 Å². The lowest BCUT2D eigenvalue weighted by Crippen LogP contribution is -2.45. The number of carbonyl (C=O) groups is 1. The van der Waals surface area contributed by atoms with Gasteiger partial charge >= 0.3 is 0 Å². The maximum Gasteiger partial charge on any atom is 0.239 e. The molecule has 0 aliphatic heterocycles. The molecule has 0 aliphatic carbocycles. The smallest absolute Gasteiger partial charge is 0.239 e. The summed E-state index contributed by atoms with van der Waals surface area (Å²) in [4.78, 5) is 15.0. The lowest BCUT2D eigenvalue weighted by atomic mass is 10.2. The van der Waals surface area contributed by atoms with E-state index >= 15 is 0 Å². The standard InChI is InChI=1S/C12H20N2OS/c1-8(2)14(12(15)10(4)13)7-11-9(3)5-6-16-11/h5-6,8,10H,7,13H2,1-4H3/t10-/m0/s1. The highest BCUT2D eigenvalue weighted by Crippen LogP contribution is 2.19. The second-order valence-electron chi connectivity index (χ2n) is 4.38. The highest BCUT2D eigenvalue weighted by Gasteiger charge is 2.21. The van der Waals surface area contributed by atoms with Gasteiger partial charge in [0.15, 0.2) is 0 Å². The van der Waals surface area contributed by atoms with Crippen molar-refractivity contribution in [3.63, 3.8) is 0 Å². The van der Waals surface area contributed by atoms with Crippen LogP contribution in [0.1, 0.15) is 31.2 Å². The molecule has 16 heavy (non-hydrogen) atoms. The van der Waals surface area contributed by atoms with E-state index in [0.29, 0.717) is 6.54 Å². The number of rotatable bonds is 4. The zero-order valence-corrected chi connectivity index (χ0v) is 11.2. The van der Waals surface area contributed by atoms with E-state index in [9.17, 15) is 4.79 Å². The number of hydrogen-bond donors (Lipinski definition) is 1. The first-order valence-electron chi connectivity index (χ1n) is 5.52. The summed E-state index contributed by atoms with van der Waals surface area (Å²) in [5.41, 5.74) is 6.90. The highest BCUT2D eigenvalue weighted by atomic mass is 32.1. The van der Waals surface area contributed by atoms with E-state index in [1.165, 1.54) is 10.4 Å². The van der Waals surface area contributed by atoms with Gasteiger partial charge in [0.2, 0.25) is 5.91 Å². The molecule has 0 aromatic carbocycles. The van der Waals surface area contributed by atoms with Gasteiger partial charge in [-0.05, 0) is 44.7 Å². The van der Waals surface area contributed by atoms with Crippen LogP contribution in [0.15, 0.2) is 11.4 Å². The van der Waals surface area contributed by atoms with E-state index in [1.807, 2.05) is 18.7 Å². The molecule has 0 fully saturated rings. The minimum Gasteiger partial charge on any atom is -0.334 e. The Morgan fingerprint density at radius 2 is 2.12 bits per heavy atom. The van der Waals surface area contributed by atoms with E-state index in [4.69, 9.17) is 5.73 Å². The summed E-state index contributed by atoms with van der Waals surface area (Å²) < 4.78 is 0. The van der Waals surface area contributed by atoms with Gasteiger partial charge in [-0.15, -0.1) is 11.3 Å². The lowest BCUT2D eigenvalue weighted by molar-refractivity contribution is -0.134. The summed E-state index contributed by atoms with van der Waals surface area (Å²) in [6, 6.07) is 1.83. The second kappa shape index (κ2) is 5.46. The van der Waals surface area contributed by atoms with Crippen molar-refractivity contribution >= 4 is 17.2 Å². The van der Waals surface area contributed by atoms with Gasteiger partial charge in [-0.3, -0.25) is 4.79 Å². The van der Waals surface area contributed by atoms with Crippen LogP contribution in [0.3, 0.4) is 0 Å². The van der Waals surface area contributed by atoms with Crippen molar-refractivity contribution in [2.24, 2.45) is 5.73 Å². The number of thiophene rings is 1. The lowest BCUT2D eigenvalue weighted by Gasteiger charge is -2.28. The average molecular weight is 240 g/mol. The number of aryl methyl sites for hydroxylation is 1. The molecule has 3 nitrogen and oxygen atoms in total. The van der Waals surface area contributed by atoms with Crippen LogP contribution >= 0.6 is 11.3 Å². The number of hydrogen-bond acceptors (Lipinski definition) is 3. The monoisotopic (exact) mass is 240 g/mol. The molecule has 2 N–H and O–H groups in total. The number of nitrogens with two attached hydrogens (primary N) is 1. The van der Waals surface area contributed by atoms with Crippen LogP contribution in [0.25, 0.3) is 0 Å². The second-order valence-corrected chi connectivity index (χ2v) is 5.38. The normalized spacial score (nSPS) is 12.9. The third kappa shape index (κ3) is 3.06. The van der Waals surface area contributed by atoms with E-state index in [2.05, 4.69) is 18.4 Å². The van der Waals surface area contributed by atoms with Gasteiger partial charge in [-0.1, -0.05) is 0 Å². The molecule has 1 atom stereocenters. The first kappa shape index (κ1) is 13.2. The van der Waals surface area contributed by atoms with Crippen molar-refractivity contribution < 1.29 is 4.79 Å². The van der Waals surface area contributed by atoms with E-state index in [-0.39, 0.29) is 11.9 Å². The molecule has 0 bridgehead atoms. The first-order chi connectivity index (χ1) is 7.43. The molecule has 1 aromatic rings. The number of nitrogens with zero attached hydrogens (tertiary/aromatic N) is 1. The number of carbonyl (C=O) groups excluding carboxylic acids is 1.